The van der Waals surface area contributed by atoms with Gasteiger partial charge >= 0.3 is 0 Å². The average Bonchev–Trinajstić information content (AvgIpc) is 3.78. The van der Waals surface area contributed by atoms with Crippen LogP contribution in [0.3, 0.4) is 0 Å². The Bertz CT molecular complexity index is 3020. The third-order valence-electron chi connectivity index (χ3n) is 10.6. The maximum Gasteiger partial charge on any atom is 0.235 e. The number of rotatable bonds is 2. The third kappa shape index (κ3) is 3.41. The molecule has 0 amide bonds. The number of aromatic nitrogens is 4. The standard InChI is InChI=1S/C44H28N4O/c1-44(2)32-19-10-8-15-26(32)28-22-23-31-36-40-35(27-16-6-7-17-29(27)41(36)49-42(31)37(28)44)39-34(21-12-24-45-39)48(40)43-46-33-20-11-9-18-30(33)38(47-43)25-13-4-3-5-14-25/h3-24H,1-2H3. The molecule has 6 aromatic carbocycles. The van der Waals surface area contributed by atoms with E-state index in [2.05, 4.69) is 122 Å². The lowest BCUT2D eigenvalue weighted by atomic mass is 9.82. The summed E-state index contributed by atoms with van der Waals surface area (Å²) in [5.74, 6) is 0.602. The maximum absolute atomic E-state index is 7.16. The van der Waals surface area contributed by atoms with Crippen LogP contribution in [0.2, 0.25) is 0 Å². The van der Waals surface area contributed by atoms with Crippen LogP contribution in [-0.4, -0.2) is 19.5 Å². The first-order valence-corrected chi connectivity index (χ1v) is 16.7. The Labute approximate surface area is 281 Å². The number of pyridine rings is 1. The van der Waals surface area contributed by atoms with Crippen molar-refractivity contribution in [2.24, 2.45) is 0 Å². The van der Waals surface area contributed by atoms with Crippen molar-refractivity contribution in [3.8, 4) is 28.3 Å². The van der Waals surface area contributed by atoms with Gasteiger partial charge in [0.05, 0.1) is 33.1 Å². The van der Waals surface area contributed by atoms with Crippen molar-refractivity contribution in [3.05, 3.63) is 145 Å². The molecule has 4 heterocycles. The van der Waals surface area contributed by atoms with E-state index in [1.807, 2.05) is 30.5 Å². The minimum absolute atomic E-state index is 0.228. The highest BCUT2D eigenvalue weighted by Crippen LogP contribution is 2.54. The molecule has 0 fully saturated rings. The molecule has 1 aliphatic rings. The largest absolute Gasteiger partial charge is 0.455 e. The van der Waals surface area contributed by atoms with E-state index in [0.717, 1.165) is 76.8 Å². The van der Waals surface area contributed by atoms with Crippen LogP contribution in [0.5, 0.6) is 0 Å². The summed E-state index contributed by atoms with van der Waals surface area (Å²) < 4.78 is 9.37. The van der Waals surface area contributed by atoms with E-state index in [1.54, 1.807) is 0 Å². The molecule has 230 valence electrons. The molecular weight excluding hydrogens is 601 g/mol. The van der Waals surface area contributed by atoms with Crippen molar-refractivity contribution in [1.82, 2.24) is 19.5 Å². The van der Waals surface area contributed by atoms with E-state index in [-0.39, 0.29) is 5.41 Å². The number of para-hydroxylation sites is 1. The lowest BCUT2D eigenvalue weighted by Crippen LogP contribution is -2.15. The van der Waals surface area contributed by atoms with Gasteiger partial charge in [0.25, 0.3) is 0 Å². The van der Waals surface area contributed by atoms with Crippen LogP contribution in [0.15, 0.2) is 138 Å². The second kappa shape index (κ2) is 9.39. The molecule has 0 spiro atoms. The molecule has 49 heavy (non-hydrogen) atoms. The molecule has 11 rings (SSSR count). The number of hydrogen-bond acceptors (Lipinski definition) is 4. The second-order valence-electron chi connectivity index (χ2n) is 13.6. The molecule has 0 N–H and O–H groups in total. The zero-order valence-corrected chi connectivity index (χ0v) is 26.9. The lowest BCUT2D eigenvalue weighted by Gasteiger charge is -2.21. The van der Waals surface area contributed by atoms with Gasteiger partial charge < -0.3 is 4.42 Å². The SMILES string of the molecule is CC1(C)c2ccccc2-c2ccc3c(oc4c5ccccc5c5c6ncccc6n(-c6nc(-c7ccccc7)c7ccccc7n6)c5c34)c21. The van der Waals surface area contributed by atoms with Crippen molar-refractivity contribution in [3.63, 3.8) is 0 Å². The van der Waals surface area contributed by atoms with Gasteiger partial charge in [-0.25, -0.2) is 9.97 Å². The van der Waals surface area contributed by atoms with Gasteiger partial charge in [0.2, 0.25) is 5.95 Å². The Balaban J connectivity index is 1.36. The van der Waals surface area contributed by atoms with E-state index in [4.69, 9.17) is 19.4 Å². The van der Waals surface area contributed by atoms with Crippen LogP contribution >= 0.6 is 0 Å². The number of benzene rings is 6. The molecule has 5 heteroatoms. The van der Waals surface area contributed by atoms with Crippen LogP contribution in [0.1, 0.15) is 25.0 Å². The van der Waals surface area contributed by atoms with Crippen LogP contribution in [0, 0.1) is 0 Å². The molecule has 0 atom stereocenters. The Kier molecular flexibility index (Phi) is 5.12. The molecule has 0 aliphatic heterocycles. The highest BCUT2D eigenvalue weighted by Gasteiger charge is 2.39. The monoisotopic (exact) mass is 628 g/mol. The summed E-state index contributed by atoms with van der Waals surface area (Å²) in [4.78, 5) is 15.6. The lowest BCUT2D eigenvalue weighted by molar-refractivity contribution is 0.621. The average molecular weight is 629 g/mol. The molecule has 0 saturated carbocycles. The Hall–Kier alpha value is -6.33. The summed E-state index contributed by atoms with van der Waals surface area (Å²) >= 11 is 0. The molecule has 5 nitrogen and oxygen atoms in total. The summed E-state index contributed by atoms with van der Waals surface area (Å²) in [5, 5.41) is 6.38. The molecular formula is C44H28N4O. The van der Waals surface area contributed by atoms with E-state index < -0.39 is 0 Å². The van der Waals surface area contributed by atoms with Crippen LogP contribution in [-0.2, 0) is 5.41 Å². The fourth-order valence-electron chi connectivity index (χ4n) is 8.52. The fraction of sp³-hybridized carbons (Fsp3) is 0.0682. The summed E-state index contributed by atoms with van der Waals surface area (Å²) in [6.07, 6.45) is 1.88. The maximum atomic E-state index is 7.16. The van der Waals surface area contributed by atoms with Gasteiger partial charge in [-0.05, 0) is 46.3 Å². The van der Waals surface area contributed by atoms with Crippen molar-refractivity contribution >= 4 is 65.6 Å². The molecule has 0 unspecified atom stereocenters. The van der Waals surface area contributed by atoms with Crippen molar-refractivity contribution in [2.45, 2.75) is 19.3 Å². The molecule has 0 radical (unpaired) electrons. The number of fused-ring (bicyclic) bond motifs is 15. The highest BCUT2D eigenvalue weighted by atomic mass is 16.3. The Morgan fingerprint density at radius 1 is 0.592 bits per heavy atom. The highest BCUT2D eigenvalue weighted by molar-refractivity contribution is 6.35. The number of nitrogens with zero attached hydrogens (tertiary/aromatic N) is 4. The second-order valence-corrected chi connectivity index (χ2v) is 13.6. The van der Waals surface area contributed by atoms with Crippen LogP contribution in [0.25, 0.3) is 93.9 Å². The Morgan fingerprint density at radius 2 is 1.35 bits per heavy atom. The van der Waals surface area contributed by atoms with E-state index in [1.165, 1.54) is 22.3 Å². The number of hydrogen-bond donors (Lipinski definition) is 0. The summed E-state index contributed by atoms with van der Waals surface area (Å²) in [7, 11) is 0. The smallest absolute Gasteiger partial charge is 0.235 e. The van der Waals surface area contributed by atoms with E-state index in [9.17, 15) is 0 Å². The molecule has 10 aromatic rings. The van der Waals surface area contributed by atoms with Gasteiger partial charge in [-0.3, -0.25) is 9.55 Å². The van der Waals surface area contributed by atoms with Crippen LogP contribution < -0.4 is 0 Å². The van der Waals surface area contributed by atoms with Gasteiger partial charge in [-0.2, -0.15) is 0 Å². The predicted molar refractivity (Wildman–Crippen MR) is 199 cm³/mol. The van der Waals surface area contributed by atoms with Crippen molar-refractivity contribution in [1.29, 1.82) is 0 Å². The minimum atomic E-state index is -0.228. The summed E-state index contributed by atoms with van der Waals surface area (Å²) in [6.45, 7) is 4.62. The summed E-state index contributed by atoms with van der Waals surface area (Å²) in [6, 6.07) is 44.6. The first kappa shape index (κ1) is 26.7. The Morgan fingerprint density at radius 3 is 2.22 bits per heavy atom. The van der Waals surface area contributed by atoms with Gasteiger partial charge in [0.15, 0.2) is 0 Å². The first-order valence-electron chi connectivity index (χ1n) is 16.7. The van der Waals surface area contributed by atoms with Gasteiger partial charge in [0.1, 0.15) is 11.2 Å². The van der Waals surface area contributed by atoms with Gasteiger partial charge in [0, 0.05) is 44.3 Å². The fourth-order valence-corrected chi connectivity index (χ4v) is 8.52. The molecule has 0 bridgehead atoms. The first-order chi connectivity index (χ1) is 24.1. The zero-order valence-electron chi connectivity index (χ0n) is 26.9. The zero-order chi connectivity index (χ0) is 32.4. The quantitative estimate of drug-likeness (QED) is 0.191. The molecule has 0 saturated heterocycles. The predicted octanol–water partition coefficient (Wildman–Crippen LogP) is 11.1. The molecule has 1 aliphatic carbocycles. The van der Waals surface area contributed by atoms with Crippen molar-refractivity contribution < 1.29 is 4.42 Å². The van der Waals surface area contributed by atoms with Gasteiger partial charge in [-0.15, -0.1) is 0 Å². The van der Waals surface area contributed by atoms with Crippen molar-refractivity contribution in [2.75, 3.05) is 0 Å². The third-order valence-corrected chi connectivity index (χ3v) is 10.6. The summed E-state index contributed by atoms with van der Waals surface area (Å²) in [5.41, 5.74) is 12.3. The number of furan rings is 1. The van der Waals surface area contributed by atoms with E-state index >= 15 is 0 Å². The topological polar surface area (TPSA) is 56.7 Å². The van der Waals surface area contributed by atoms with E-state index in [0.29, 0.717) is 5.95 Å². The van der Waals surface area contributed by atoms with Crippen LogP contribution in [0.4, 0.5) is 0 Å². The molecule has 4 aromatic heterocycles. The van der Waals surface area contributed by atoms with Gasteiger partial charge in [-0.1, -0.05) is 117 Å². The normalized spacial score (nSPS) is 13.7. The minimum Gasteiger partial charge on any atom is -0.455 e.